The molecule has 1 fully saturated rings. The summed E-state index contributed by atoms with van der Waals surface area (Å²) in [4.78, 5) is 4.18. The molecule has 21 heavy (non-hydrogen) atoms. The summed E-state index contributed by atoms with van der Waals surface area (Å²) in [7, 11) is 0. The quantitative estimate of drug-likeness (QED) is 0.918. The Hall–Kier alpha value is -1.16. The highest BCUT2D eigenvalue weighted by atomic mass is 32.1. The second kappa shape index (κ2) is 5.24. The van der Waals surface area contributed by atoms with Gasteiger partial charge in [-0.3, -0.25) is 4.90 Å². The van der Waals surface area contributed by atoms with E-state index in [1.165, 1.54) is 28.8 Å². The van der Waals surface area contributed by atoms with Crippen molar-refractivity contribution in [3.8, 4) is 0 Å². The highest BCUT2D eigenvalue weighted by molar-refractivity contribution is 7.09. The Balaban J connectivity index is 1.64. The van der Waals surface area contributed by atoms with Crippen molar-refractivity contribution in [3.05, 3.63) is 57.8 Å². The van der Waals surface area contributed by atoms with Crippen LogP contribution in [0.15, 0.2) is 41.8 Å². The van der Waals surface area contributed by atoms with Gasteiger partial charge in [0.2, 0.25) is 0 Å². The maximum atomic E-state index is 6.31. The number of nitrogens with zero attached hydrogens (tertiary/aromatic N) is 1. The third kappa shape index (κ3) is 2.44. The molecule has 0 aliphatic heterocycles. The second-order valence-electron chi connectivity index (χ2n) is 6.49. The summed E-state index contributed by atoms with van der Waals surface area (Å²) >= 11 is 1.87. The van der Waals surface area contributed by atoms with Gasteiger partial charge < -0.3 is 5.73 Å². The minimum Gasteiger partial charge on any atom is -0.329 e. The lowest BCUT2D eigenvalue weighted by atomic mass is 9.92. The number of rotatable bonds is 5. The zero-order valence-corrected chi connectivity index (χ0v) is 13.1. The van der Waals surface area contributed by atoms with Gasteiger partial charge in [-0.2, -0.15) is 0 Å². The Morgan fingerprint density at radius 1 is 1.10 bits per heavy atom. The number of hydrogen-bond donors (Lipinski definition) is 1. The lowest BCUT2D eigenvalue weighted by Gasteiger charge is -2.41. The minimum absolute atomic E-state index is 0.134. The predicted molar refractivity (Wildman–Crippen MR) is 88.5 cm³/mol. The normalized spacial score (nSPS) is 19.9. The third-order valence-electron chi connectivity index (χ3n) is 5.04. The van der Waals surface area contributed by atoms with E-state index in [9.17, 15) is 0 Å². The topological polar surface area (TPSA) is 29.3 Å². The highest BCUT2D eigenvalue weighted by Gasteiger charge is 2.46. The molecular weight excluding hydrogens is 276 g/mol. The highest BCUT2D eigenvalue weighted by Crippen LogP contribution is 2.41. The second-order valence-corrected chi connectivity index (χ2v) is 7.52. The first-order valence-electron chi connectivity index (χ1n) is 7.87. The molecule has 0 bridgehead atoms. The van der Waals surface area contributed by atoms with Gasteiger partial charge in [-0.25, -0.2) is 0 Å². The largest absolute Gasteiger partial charge is 0.329 e. The van der Waals surface area contributed by atoms with Crippen molar-refractivity contribution in [2.45, 2.75) is 43.8 Å². The number of thiophene rings is 1. The molecule has 110 valence electrons. The van der Waals surface area contributed by atoms with E-state index in [1.54, 1.807) is 0 Å². The molecule has 0 atom stereocenters. The van der Waals surface area contributed by atoms with E-state index in [2.05, 4.69) is 46.7 Å². The molecule has 0 unspecified atom stereocenters. The van der Waals surface area contributed by atoms with Gasteiger partial charge in [0, 0.05) is 29.5 Å². The predicted octanol–water partition coefficient (Wildman–Crippen LogP) is 3.21. The van der Waals surface area contributed by atoms with Crippen LogP contribution in [0.3, 0.4) is 0 Å². The summed E-state index contributed by atoms with van der Waals surface area (Å²) in [5.41, 5.74) is 9.44. The van der Waals surface area contributed by atoms with Crippen LogP contribution in [-0.4, -0.2) is 23.0 Å². The Kier molecular flexibility index (Phi) is 3.37. The van der Waals surface area contributed by atoms with E-state index in [1.807, 2.05) is 11.3 Å². The van der Waals surface area contributed by atoms with E-state index in [-0.39, 0.29) is 5.54 Å². The van der Waals surface area contributed by atoms with Gasteiger partial charge in [0.25, 0.3) is 0 Å². The Morgan fingerprint density at radius 2 is 1.81 bits per heavy atom. The van der Waals surface area contributed by atoms with Crippen LogP contribution in [-0.2, 0) is 19.4 Å². The van der Waals surface area contributed by atoms with Crippen molar-refractivity contribution >= 4 is 11.3 Å². The maximum Gasteiger partial charge on any atom is 0.0419 e. The number of fused-ring (bicyclic) bond motifs is 1. The summed E-state index contributed by atoms with van der Waals surface area (Å²) in [6, 6.07) is 14.0. The lowest BCUT2D eigenvalue weighted by Crippen LogP contribution is -2.55. The van der Waals surface area contributed by atoms with Crippen LogP contribution in [0.2, 0.25) is 0 Å². The number of hydrogen-bond acceptors (Lipinski definition) is 3. The molecule has 1 aromatic heterocycles. The van der Waals surface area contributed by atoms with Crippen LogP contribution in [0.1, 0.15) is 28.8 Å². The fraction of sp³-hybridized carbons (Fsp3) is 0.444. The van der Waals surface area contributed by atoms with Crippen LogP contribution in [0, 0.1) is 0 Å². The summed E-state index contributed by atoms with van der Waals surface area (Å²) < 4.78 is 0. The Labute approximate surface area is 130 Å². The lowest BCUT2D eigenvalue weighted by molar-refractivity contribution is 0.0854. The van der Waals surface area contributed by atoms with E-state index < -0.39 is 0 Å². The van der Waals surface area contributed by atoms with Gasteiger partial charge in [-0.1, -0.05) is 30.3 Å². The minimum atomic E-state index is 0.134. The Bertz CT molecular complexity index is 591. The molecule has 1 saturated carbocycles. The monoisotopic (exact) mass is 298 g/mol. The Morgan fingerprint density at radius 3 is 2.33 bits per heavy atom. The smallest absolute Gasteiger partial charge is 0.0419 e. The zero-order chi connectivity index (χ0) is 14.3. The molecule has 0 saturated heterocycles. The van der Waals surface area contributed by atoms with Gasteiger partial charge >= 0.3 is 0 Å². The van der Waals surface area contributed by atoms with E-state index in [0.29, 0.717) is 0 Å². The van der Waals surface area contributed by atoms with Crippen molar-refractivity contribution in [2.75, 3.05) is 6.54 Å². The maximum absolute atomic E-state index is 6.31. The van der Waals surface area contributed by atoms with E-state index >= 15 is 0 Å². The molecule has 1 heterocycles. The first-order valence-corrected chi connectivity index (χ1v) is 8.75. The van der Waals surface area contributed by atoms with Crippen molar-refractivity contribution in [2.24, 2.45) is 5.73 Å². The van der Waals surface area contributed by atoms with Crippen molar-refractivity contribution < 1.29 is 0 Å². The molecule has 2 nitrogen and oxygen atoms in total. The van der Waals surface area contributed by atoms with Gasteiger partial charge in [0.05, 0.1) is 0 Å². The summed E-state index contributed by atoms with van der Waals surface area (Å²) in [6.07, 6.45) is 4.90. The third-order valence-corrected chi connectivity index (χ3v) is 5.90. The number of nitrogens with two attached hydrogens (primary N) is 1. The SMILES string of the molecule is NCC1(N(Cc2cccs2)C2CC2)Cc2ccccc2C1. The summed E-state index contributed by atoms with van der Waals surface area (Å²) in [5.74, 6) is 0. The fourth-order valence-electron chi connectivity index (χ4n) is 3.78. The molecular formula is C18H22N2S. The van der Waals surface area contributed by atoms with Gasteiger partial charge in [-0.05, 0) is 48.3 Å². The molecule has 3 heteroatoms. The summed E-state index contributed by atoms with van der Waals surface area (Å²) in [5, 5.41) is 2.18. The molecule has 0 radical (unpaired) electrons. The zero-order valence-electron chi connectivity index (χ0n) is 12.3. The first kappa shape index (κ1) is 13.5. The standard InChI is InChI=1S/C18H22N2S/c19-13-18(10-14-4-1-2-5-15(14)11-18)20(16-7-8-16)12-17-6-3-9-21-17/h1-6,9,16H,7-8,10-13,19H2. The molecule has 2 N–H and O–H groups in total. The van der Waals surface area contributed by atoms with Gasteiger partial charge in [-0.15, -0.1) is 11.3 Å². The molecule has 2 aliphatic carbocycles. The average Bonchev–Trinajstić information content (AvgIpc) is 3.08. The molecule has 2 aliphatic rings. The van der Waals surface area contributed by atoms with Crippen molar-refractivity contribution in [1.82, 2.24) is 4.90 Å². The average molecular weight is 298 g/mol. The van der Waals surface area contributed by atoms with Crippen LogP contribution < -0.4 is 5.73 Å². The van der Waals surface area contributed by atoms with Crippen LogP contribution >= 0.6 is 11.3 Å². The van der Waals surface area contributed by atoms with E-state index in [0.717, 1.165) is 32.0 Å². The number of benzene rings is 1. The molecule has 2 aromatic rings. The van der Waals surface area contributed by atoms with Crippen molar-refractivity contribution in [3.63, 3.8) is 0 Å². The molecule has 0 amide bonds. The van der Waals surface area contributed by atoms with Gasteiger partial charge in [0.1, 0.15) is 0 Å². The molecule has 0 spiro atoms. The van der Waals surface area contributed by atoms with Crippen LogP contribution in [0.5, 0.6) is 0 Å². The first-order chi connectivity index (χ1) is 10.3. The van der Waals surface area contributed by atoms with Crippen LogP contribution in [0.25, 0.3) is 0 Å². The molecule has 4 rings (SSSR count). The van der Waals surface area contributed by atoms with Gasteiger partial charge in [0.15, 0.2) is 0 Å². The van der Waals surface area contributed by atoms with Crippen LogP contribution in [0.4, 0.5) is 0 Å². The fourth-order valence-corrected chi connectivity index (χ4v) is 4.48. The van der Waals surface area contributed by atoms with E-state index in [4.69, 9.17) is 5.73 Å². The van der Waals surface area contributed by atoms with Crippen molar-refractivity contribution in [1.29, 1.82) is 0 Å². The molecule has 1 aromatic carbocycles. The summed E-state index contributed by atoms with van der Waals surface area (Å²) in [6.45, 7) is 1.82.